The van der Waals surface area contributed by atoms with Crippen LogP contribution in [0.4, 0.5) is 4.79 Å². The predicted molar refractivity (Wildman–Crippen MR) is 82.1 cm³/mol. The molecule has 0 rings (SSSR count). The molecule has 124 valence electrons. The van der Waals surface area contributed by atoms with Crippen molar-refractivity contribution in [3.63, 3.8) is 0 Å². The molecule has 8 nitrogen and oxygen atoms in total. The van der Waals surface area contributed by atoms with E-state index in [0.29, 0.717) is 13.0 Å². The maximum Gasteiger partial charge on any atom is 0.408 e. The van der Waals surface area contributed by atoms with Gasteiger partial charge in [-0.05, 0) is 33.6 Å². The van der Waals surface area contributed by atoms with E-state index < -0.39 is 23.7 Å². The van der Waals surface area contributed by atoms with Crippen molar-refractivity contribution in [2.75, 3.05) is 6.54 Å². The number of aliphatic imine (C=N–C) groups is 1. The molecule has 1 unspecified atom stereocenters. The summed E-state index contributed by atoms with van der Waals surface area (Å²) in [5.41, 5.74) is 9.61. The Bertz CT molecular complexity index is 347. The van der Waals surface area contributed by atoms with E-state index in [1.807, 2.05) is 13.8 Å². The number of nitrogens with zero attached hydrogens (tertiary/aromatic N) is 1. The Balaban J connectivity index is 0. The molecule has 0 aliphatic carbocycles. The Morgan fingerprint density at radius 1 is 1.29 bits per heavy atom. The Hall–Kier alpha value is -1.99. The van der Waals surface area contributed by atoms with Gasteiger partial charge in [-0.2, -0.15) is 0 Å². The Labute approximate surface area is 125 Å². The Morgan fingerprint density at radius 3 is 2.19 bits per heavy atom. The Kier molecular flexibility index (Phi) is 10.9. The number of nitrogens with one attached hydrogen (secondary N) is 1. The summed E-state index contributed by atoms with van der Waals surface area (Å²) in [4.78, 5) is 26.2. The number of aliphatic carboxylic acids is 1. The molecule has 1 amide bonds. The first kappa shape index (κ1) is 21.3. The quantitative estimate of drug-likeness (QED) is 0.328. The lowest BCUT2D eigenvalue weighted by molar-refractivity contribution is -0.139. The minimum atomic E-state index is -1.13. The molecule has 1 atom stereocenters. The number of amides is 1. The smallest absolute Gasteiger partial charge is 0.408 e. The second-order valence-electron chi connectivity index (χ2n) is 4.99. The van der Waals surface area contributed by atoms with Crippen molar-refractivity contribution in [1.82, 2.24) is 5.32 Å². The predicted octanol–water partition coefficient (Wildman–Crippen LogP) is 1.04. The number of alkyl carbamates (subject to hydrolysis) is 1. The molecule has 0 saturated heterocycles. The van der Waals surface area contributed by atoms with Crippen molar-refractivity contribution in [2.24, 2.45) is 16.5 Å². The van der Waals surface area contributed by atoms with Gasteiger partial charge in [0.05, 0.1) is 0 Å². The van der Waals surface area contributed by atoms with Crippen LogP contribution in [-0.2, 0) is 9.53 Å². The fourth-order valence-electron chi connectivity index (χ4n) is 1.21. The van der Waals surface area contributed by atoms with Gasteiger partial charge in [-0.3, -0.25) is 4.99 Å². The topological polar surface area (TPSA) is 140 Å². The van der Waals surface area contributed by atoms with Crippen LogP contribution in [0.3, 0.4) is 0 Å². The highest BCUT2D eigenvalue weighted by molar-refractivity contribution is 5.80. The first-order valence-electron chi connectivity index (χ1n) is 6.89. The number of nitrogens with two attached hydrogens (primary N) is 2. The van der Waals surface area contributed by atoms with Crippen LogP contribution < -0.4 is 16.8 Å². The highest BCUT2D eigenvalue weighted by atomic mass is 16.6. The maximum atomic E-state index is 11.5. The van der Waals surface area contributed by atoms with Gasteiger partial charge in [0, 0.05) is 6.54 Å². The average molecular weight is 304 g/mol. The monoisotopic (exact) mass is 304 g/mol. The minimum Gasteiger partial charge on any atom is -0.480 e. The van der Waals surface area contributed by atoms with E-state index in [-0.39, 0.29) is 12.4 Å². The van der Waals surface area contributed by atoms with E-state index in [9.17, 15) is 9.59 Å². The molecule has 0 saturated carbocycles. The van der Waals surface area contributed by atoms with Crippen molar-refractivity contribution >= 4 is 18.0 Å². The van der Waals surface area contributed by atoms with Gasteiger partial charge in [0.2, 0.25) is 0 Å². The molecule has 0 aromatic rings. The van der Waals surface area contributed by atoms with Crippen molar-refractivity contribution in [3.05, 3.63) is 0 Å². The second kappa shape index (κ2) is 10.8. The van der Waals surface area contributed by atoms with Crippen LogP contribution in [0.1, 0.15) is 47.5 Å². The first-order chi connectivity index (χ1) is 9.61. The first-order valence-corrected chi connectivity index (χ1v) is 6.89. The third-order valence-corrected chi connectivity index (χ3v) is 1.93. The number of rotatable bonds is 6. The van der Waals surface area contributed by atoms with Gasteiger partial charge in [-0.1, -0.05) is 13.8 Å². The average Bonchev–Trinajstić information content (AvgIpc) is 2.32. The summed E-state index contributed by atoms with van der Waals surface area (Å²) < 4.78 is 4.98. The minimum absolute atomic E-state index is 0.0491. The molecule has 0 spiro atoms. The van der Waals surface area contributed by atoms with Crippen LogP contribution >= 0.6 is 0 Å². The molecule has 0 fully saturated rings. The van der Waals surface area contributed by atoms with Crippen LogP contribution in [0.5, 0.6) is 0 Å². The molecule has 0 radical (unpaired) electrons. The van der Waals surface area contributed by atoms with Crippen LogP contribution in [0.15, 0.2) is 4.99 Å². The number of carbonyl (C=O) groups excluding carboxylic acids is 1. The van der Waals surface area contributed by atoms with Gasteiger partial charge in [0.25, 0.3) is 0 Å². The van der Waals surface area contributed by atoms with E-state index >= 15 is 0 Å². The normalized spacial score (nSPS) is 11.5. The standard InChI is InChI=1S/C11H22N4O4.C2H6/c1-11(2,3)19-10(18)15-7(8(16)17)5-4-6-14-9(12)13;1-2/h7H,4-6H2,1-3H3,(H,15,18)(H,16,17)(H4,12,13,14);1-2H3. The highest BCUT2D eigenvalue weighted by Gasteiger charge is 2.23. The van der Waals surface area contributed by atoms with Crippen molar-refractivity contribution in [1.29, 1.82) is 0 Å². The third-order valence-electron chi connectivity index (χ3n) is 1.93. The molecule has 0 bridgehead atoms. The molecule has 0 aromatic carbocycles. The number of carbonyl (C=O) groups is 2. The highest BCUT2D eigenvalue weighted by Crippen LogP contribution is 2.07. The molecule has 0 aliphatic rings. The van der Waals surface area contributed by atoms with E-state index in [1.165, 1.54) is 0 Å². The summed E-state index contributed by atoms with van der Waals surface area (Å²) in [7, 11) is 0. The number of carboxylic acids is 1. The largest absolute Gasteiger partial charge is 0.480 e. The molecule has 21 heavy (non-hydrogen) atoms. The number of hydrogen-bond acceptors (Lipinski definition) is 4. The van der Waals surface area contributed by atoms with E-state index in [2.05, 4.69) is 10.3 Å². The summed E-state index contributed by atoms with van der Waals surface area (Å²) in [6.45, 7) is 9.39. The zero-order chi connectivity index (χ0) is 17.1. The zero-order valence-electron chi connectivity index (χ0n) is 13.5. The van der Waals surface area contributed by atoms with Crippen molar-refractivity contribution in [2.45, 2.75) is 59.1 Å². The number of guanidine groups is 1. The van der Waals surface area contributed by atoms with Gasteiger partial charge >= 0.3 is 12.1 Å². The fourth-order valence-corrected chi connectivity index (χ4v) is 1.21. The van der Waals surface area contributed by atoms with Crippen LogP contribution in [0.25, 0.3) is 0 Å². The van der Waals surface area contributed by atoms with Crippen LogP contribution in [0, 0.1) is 0 Å². The molecule has 8 heteroatoms. The summed E-state index contributed by atoms with van der Waals surface area (Å²) in [5.74, 6) is -1.18. The van der Waals surface area contributed by atoms with Gasteiger partial charge < -0.3 is 26.6 Å². The molecule has 0 aromatic heterocycles. The van der Waals surface area contributed by atoms with Crippen molar-refractivity contribution < 1.29 is 19.4 Å². The summed E-state index contributed by atoms with van der Waals surface area (Å²) in [6, 6.07) is -1.02. The Morgan fingerprint density at radius 2 is 1.81 bits per heavy atom. The van der Waals surface area contributed by atoms with Gasteiger partial charge in [-0.25, -0.2) is 9.59 Å². The summed E-state index contributed by atoms with van der Waals surface area (Å²) in [6.07, 6.45) is -0.113. The lowest BCUT2D eigenvalue weighted by Gasteiger charge is -2.21. The van der Waals surface area contributed by atoms with Gasteiger partial charge in [0.1, 0.15) is 11.6 Å². The third kappa shape index (κ3) is 14.2. The molecule has 0 heterocycles. The van der Waals surface area contributed by atoms with Gasteiger partial charge in [-0.15, -0.1) is 0 Å². The van der Waals surface area contributed by atoms with E-state index in [0.717, 1.165) is 0 Å². The molecule has 6 N–H and O–H groups in total. The lowest BCUT2D eigenvalue weighted by Crippen LogP contribution is -2.43. The summed E-state index contributed by atoms with van der Waals surface area (Å²) in [5, 5.41) is 11.3. The van der Waals surface area contributed by atoms with Crippen LogP contribution in [-0.4, -0.2) is 41.3 Å². The second-order valence-corrected chi connectivity index (χ2v) is 4.99. The number of hydrogen-bond donors (Lipinski definition) is 4. The SMILES string of the molecule is CC.CC(C)(C)OC(=O)NC(CCCN=C(N)N)C(=O)O. The maximum absolute atomic E-state index is 11.5. The van der Waals surface area contributed by atoms with Crippen molar-refractivity contribution in [3.8, 4) is 0 Å². The number of carboxylic acid groups (broad SMARTS) is 1. The molecular weight excluding hydrogens is 276 g/mol. The number of ether oxygens (including phenoxy) is 1. The van der Waals surface area contributed by atoms with Crippen LogP contribution in [0.2, 0.25) is 0 Å². The summed E-state index contributed by atoms with van der Waals surface area (Å²) >= 11 is 0. The van der Waals surface area contributed by atoms with E-state index in [4.69, 9.17) is 21.3 Å². The lowest BCUT2D eigenvalue weighted by atomic mass is 10.1. The molecule has 0 aliphatic heterocycles. The van der Waals surface area contributed by atoms with Gasteiger partial charge in [0.15, 0.2) is 5.96 Å². The van der Waals surface area contributed by atoms with E-state index in [1.54, 1.807) is 20.8 Å². The fraction of sp³-hybridized carbons (Fsp3) is 0.769. The zero-order valence-corrected chi connectivity index (χ0v) is 13.5. The molecular formula is C13H28N4O4.